The summed E-state index contributed by atoms with van der Waals surface area (Å²) in [4.78, 5) is 37.6. The summed E-state index contributed by atoms with van der Waals surface area (Å²) in [5.41, 5.74) is 0. The molecule has 6 heteroatoms. The molecule has 0 aliphatic rings. The van der Waals surface area contributed by atoms with Gasteiger partial charge in [0.05, 0.1) is 0 Å². The van der Waals surface area contributed by atoms with Crippen LogP contribution in [-0.2, 0) is 28.6 Å². The molecule has 0 aromatic rings. The predicted molar refractivity (Wildman–Crippen MR) is 220 cm³/mol. The van der Waals surface area contributed by atoms with Crippen LogP contribution in [0.1, 0.15) is 252 Å². The van der Waals surface area contributed by atoms with Gasteiger partial charge in [0.1, 0.15) is 13.2 Å². The van der Waals surface area contributed by atoms with Gasteiger partial charge in [0, 0.05) is 19.3 Å². The second kappa shape index (κ2) is 40.6. The summed E-state index contributed by atoms with van der Waals surface area (Å²) < 4.78 is 16.7. The van der Waals surface area contributed by atoms with E-state index in [1.165, 1.54) is 148 Å². The number of ether oxygens (including phenoxy) is 3. The average molecular weight is 737 g/mol. The first-order valence-electron chi connectivity index (χ1n) is 22.9. The normalized spacial score (nSPS) is 12.5. The average Bonchev–Trinajstić information content (AvgIpc) is 3.14. The van der Waals surface area contributed by atoms with Crippen LogP contribution in [0.4, 0.5) is 0 Å². The molecule has 0 rings (SSSR count). The molecule has 0 amide bonds. The van der Waals surface area contributed by atoms with Crippen LogP contribution < -0.4 is 0 Å². The SMILES string of the molecule is CCCCCCCCCCCCCCCC(=O)OC[C@H](COC(=O)CCCCCCCCCCC)OC(=O)CCCCCCCCCCC(C)CC. The van der Waals surface area contributed by atoms with E-state index in [1.807, 2.05) is 0 Å². The maximum Gasteiger partial charge on any atom is 0.306 e. The van der Waals surface area contributed by atoms with Gasteiger partial charge < -0.3 is 14.2 Å². The van der Waals surface area contributed by atoms with Gasteiger partial charge in [-0.3, -0.25) is 14.4 Å². The number of hydrogen-bond acceptors (Lipinski definition) is 6. The fourth-order valence-corrected chi connectivity index (χ4v) is 6.77. The molecule has 0 radical (unpaired) electrons. The fraction of sp³-hybridized carbons (Fsp3) is 0.935. The molecule has 0 saturated carbocycles. The van der Waals surface area contributed by atoms with E-state index in [-0.39, 0.29) is 31.1 Å². The van der Waals surface area contributed by atoms with E-state index in [9.17, 15) is 14.4 Å². The molecular weight excluding hydrogens is 648 g/mol. The smallest absolute Gasteiger partial charge is 0.306 e. The van der Waals surface area contributed by atoms with Gasteiger partial charge in [-0.25, -0.2) is 0 Å². The van der Waals surface area contributed by atoms with Crippen LogP contribution in [0.15, 0.2) is 0 Å². The van der Waals surface area contributed by atoms with Crippen LogP contribution in [0.3, 0.4) is 0 Å². The van der Waals surface area contributed by atoms with Crippen molar-refractivity contribution in [1.82, 2.24) is 0 Å². The van der Waals surface area contributed by atoms with Crippen LogP contribution in [0.25, 0.3) is 0 Å². The van der Waals surface area contributed by atoms with Crippen molar-refractivity contribution in [2.75, 3.05) is 13.2 Å². The number of rotatable bonds is 41. The molecule has 2 atom stereocenters. The molecule has 0 aliphatic heterocycles. The van der Waals surface area contributed by atoms with Crippen molar-refractivity contribution < 1.29 is 28.6 Å². The summed E-state index contributed by atoms with van der Waals surface area (Å²) >= 11 is 0. The maximum atomic E-state index is 12.7. The minimum atomic E-state index is -0.759. The third kappa shape index (κ3) is 38.1. The highest BCUT2D eigenvalue weighted by atomic mass is 16.6. The fourth-order valence-electron chi connectivity index (χ4n) is 6.77. The molecule has 0 spiro atoms. The van der Waals surface area contributed by atoms with E-state index < -0.39 is 6.10 Å². The first kappa shape index (κ1) is 50.4. The Kier molecular flexibility index (Phi) is 39.4. The van der Waals surface area contributed by atoms with E-state index >= 15 is 0 Å². The first-order chi connectivity index (χ1) is 25.4. The molecule has 0 aliphatic carbocycles. The van der Waals surface area contributed by atoms with Crippen molar-refractivity contribution in [3.05, 3.63) is 0 Å². The van der Waals surface area contributed by atoms with E-state index in [2.05, 4.69) is 27.7 Å². The van der Waals surface area contributed by atoms with Gasteiger partial charge >= 0.3 is 17.9 Å². The Balaban J connectivity index is 4.32. The first-order valence-corrected chi connectivity index (χ1v) is 22.9. The molecule has 308 valence electrons. The van der Waals surface area contributed by atoms with Crippen LogP contribution in [0, 0.1) is 5.92 Å². The zero-order valence-electron chi connectivity index (χ0n) is 35.3. The van der Waals surface area contributed by atoms with Gasteiger partial charge in [0.25, 0.3) is 0 Å². The minimum Gasteiger partial charge on any atom is -0.462 e. The van der Waals surface area contributed by atoms with Crippen molar-refractivity contribution >= 4 is 17.9 Å². The van der Waals surface area contributed by atoms with E-state index in [1.54, 1.807) is 0 Å². The van der Waals surface area contributed by atoms with Gasteiger partial charge in [0.2, 0.25) is 0 Å². The van der Waals surface area contributed by atoms with Crippen LogP contribution in [0.5, 0.6) is 0 Å². The lowest BCUT2D eigenvalue weighted by atomic mass is 9.99. The third-order valence-electron chi connectivity index (χ3n) is 10.7. The summed E-state index contributed by atoms with van der Waals surface area (Å²) in [7, 11) is 0. The van der Waals surface area contributed by atoms with Gasteiger partial charge in [-0.15, -0.1) is 0 Å². The summed E-state index contributed by atoms with van der Waals surface area (Å²) in [6.45, 7) is 8.98. The van der Waals surface area contributed by atoms with E-state index in [4.69, 9.17) is 14.2 Å². The highest BCUT2D eigenvalue weighted by Gasteiger charge is 2.19. The van der Waals surface area contributed by atoms with Crippen molar-refractivity contribution in [3.8, 4) is 0 Å². The minimum absolute atomic E-state index is 0.0641. The highest BCUT2D eigenvalue weighted by molar-refractivity contribution is 5.71. The Bertz CT molecular complexity index is 783. The summed E-state index contributed by atoms with van der Waals surface area (Å²) in [5, 5.41) is 0. The molecule has 6 nitrogen and oxygen atoms in total. The maximum absolute atomic E-state index is 12.7. The number of hydrogen-bond donors (Lipinski definition) is 0. The summed E-state index contributed by atoms with van der Waals surface area (Å²) in [6, 6.07) is 0. The second-order valence-electron chi connectivity index (χ2n) is 15.9. The van der Waals surface area contributed by atoms with Crippen LogP contribution >= 0.6 is 0 Å². The quantitative estimate of drug-likeness (QED) is 0.0353. The number of carbonyl (C=O) groups is 3. The van der Waals surface area contributed by atoms with Crippen LogP contribution in [-0.4, -0.2) is 37.2 Å². The van der Waals surface area contributed by atoms with Crippen molar-refractivity contribution in [2.24, 2.45) is 5.92 Å². The predicted octanol–water partition coefficient (Wildman–Crippen LogP) is 14.3. The highest BCUT2D eigenvalue weighted by Crippen LogP contribution is 2.17. The molecule has 1 unspecified atom stereocenters. The molecule has 0 bridgehead atoms. The zero-order valence-corrected chi connectivity index (χ0v) is 35.3. The molecule has 0 fully saturated rings. The van der Waals surface area contributed by atoms with Gasteiger partial charge in [-0.2, -0.15) is 0 Å². The lowest BCUT2D eigenvalue weighted by molar-refractivity contribution is -0.167. The molecular formula is C46H88O6. The van der Waals surface area contributed by atoms with E-state index in [0.717, 1.165) is 63.7 Å². The Labute approximate surface area is 323 Å². The molecule has 0 aromatic heterocycles. The molecule has 0 saturated heterocycles. The number of unbranched alkanes of at least 4 members (excludes halogenated alkanes) is 27. The standard InChI is InChI=1S/C46H88O6/c1-5-8-10-12-14-16-17-18-19-21-26-30-34-38-45(48)51-41-43(40-50-44(47)37-33-29-25-20-15-13-11-9-6-2)52-46(49)39-35-31-27-23-22-24-28-32-36-42(4)7-3/h42-43H,5-41H2,1-4H3/t42?,43-/m0/s1. The van der Waals surface area contributed by atoms with E-state index in [0.29, 0.717) is 19.3 Å². The largest absolute Gasteiger partial charge is 0.462 e. The van der Waals surface area contributed by atoms with Crippen molar-refractivity contribution in [2.45, 2.75) is 259 Å². The van der Waals surface area contributed by atoms with Crippen LogP contribution in [0.2, 0.25) is 0 Å². The molecule has 52 heavy (non-hydrogen) atoms. The Morgan fingerprint density at radius 3 is 1.00 bits per heavy atom. The monoisotopic (exact) mass is 737 g/mol. The topological polar surface area (TPSA) is 78.9 Å². The Morgan fingerprint density at radius 1 is 0.385 bits per heavy atom. The summed E-state index contributed by atoms with van der Waals surface area (Å²) in [6.07, 6.45) is 39.4. The van der Waals surface area contributed by atoms with Gasteiger partial charge in [0.15, 0.2) is 6.10 Å². The Hall–Kier alpha value is -1.59. The molecule has 0 heterocycles. The second-order valence-corrected chi connectivity index (χ2v) is 15.9. The summed E-state index contributed by atoms with van der Waals surface area (Å²) in [5.74, 6) is -0.0123. The van der Waals surface area contributed by atoms with Gasteiger partial charge in [-0.1, -0.05) is 214 Å². The van der Waals surface area contributed by atoms with Gasteiger partial charge in [-0.05, 0) is 25.2 Å². The Morgan fingerprint density at radius 2 is 0.673 bits per heavy atom. The number of carbonyl (C=O) groups excluding carboxylic acids is 3. The zero-order chi connectivity index (χ0) is 38.2. The lowest BCUT2D eigenvalue weighted by Gasteiger charge is -2.18. The molecule has 0 aromatic carbocycles. The molecule has 0 N–H and O–H groups in total. The van der Waals surface area contributed by atoms with Crippen molar-refractivity contribution in [1.29, 1.82) is 0 Å². The lowest BCUT2D eigenvalue weighted by Crippen LogP contribution is -2.30. The number of esters is 3. The third-order valence-corrected chi connectivity index (χ3v) is 10.7. The van der Waals surface area contributed by atoms with Crippen molar-refractivity contribution in [3.63, 3.8) is 0 Å².